The molecule has 2 rings (SSSR count). The van der Waals surface area contributed by atoms with Crippen molar-refractivity contribution in [3.05, 3.63) is 30.3 Å². The van der Waals surface area contributed by atoms with Crippen molar-refractivity contribution in [3.8, 4) is 11.4 Å². The largest absolute Gasteiger partial charge is 0.368 e. The molecule has 0 unspecified atom stereocenters. The number of benzene rings is 1. The standard InChI is InChI=1S/C9H11N7/c10-8-13-7(6-4-2-1-3-5-6)14-9(15-8)16(11)12/h1-5H,11-12H2,(H2,10,13,14,15). The molecule has 0 radical (unpaired) electrons. The van der Waals surface area contributed by atoms with E-state index in [0.717, 1.165) is 10.7 Å². The van der Waals surface area contributed by atoms with Crippen LogP contribution in [0.15, 0.2) is 30.3 Å². The number of nitrogens with zero attached hydrogens (tertiary/aromatic N) is 4. The molecule has 16 heavy (non-hydrogen) atoms. The number of hydrazine groups is 2. The van der Waals surface area contributed by atoms with E-state index in [9.17, 15) is 0 Å². The lowest BCUT2D eigenvalue weighted by Gasteiger charge is -2.10. The summed E-state index contributed by atoms with van der Waals surface area (Å²) in [6, 6.07) is 9.36. The first-order valence-electron chi connectivity index (χ1n) is 4.53. The highest BCUT2D eigenvalue weighted by Crippen LogP contribution is 2.16. The molecule has 2 aromatic rings. The first kappa shape index (κ1) is 10.3. The van der Waals surface area contributed by atoms with Gasteiger partial charge in [-0.2, -0.15) is 15.0 Å². The molecule has 0 aliphatic heterocycles. The summed E-state index contributed by atoms with van der Waals surface area (Å²) in [5.74, 6) is 11.3. The lowest BCUT2D eigenvalue weighted by molar-refractivity contribution is 0.852. The molecule has 0 saturated carbocycles. The lowest BCUT2D eigenvalue weighted by Crippen LogP contribution is -2.39. The van der Waals surface area contributed by atoms with Crippen molar-refractivity contribution < 1.29 is 0 Å². The molecule has 7 heteroatoms. The van der Waals surface area contributed by atoms with E-state index in [4.69, 9.17) is 17.4 Å². The number of nitrogen functional groups attached to an aromatic ring is 1. The molecular weight excluding hydrogens is 206 g/mol. The first-order chi connectivity index (χ1) is 7.66. The van der Waals surface area contributed by atoms with Crippen molar-refractivity contribution in [1.29, 1.82) is 0 Å². The summed E-state index contributed by atoms with van der Waals surface area (Å²) < 4.78 is 0. The van der Waals surface area contributed by atoms with Crippen molar-refractivity contribution in [2.24, 2.45) is 11.7 Å². The van der Waals surface area contributed by atoms with Crippen LogP contribution in [-0.4, -0.2) is 15.0 Å². The summed E-state index contributed by atoms with van der Waals surface area (Å²) in [4.78, 5) is 11.9. The molecule has 0 bridgehead atoms. The number of hydrogen-bond donors (Lipinski definition) is 3. The summed E-state index contributed by atoms with van der Waals surface area (Å²) in [6.07, 6.45) is 0. The van der Waals surface area contributed by atoms with Crippen LogP contribution in [0.2, 0.25) is 0 Å². The number of anilines is 2. The number of hydrogen-bond acceptors (Lipinski definition) is 7. The third-order valence-electron chi connectivity index (χ3n) is 1.90. The summed E-state index contributed by atoms with van der Waals surface area (Å²) >= 11 is 0. The van der Waals surface area contributed by atoms with Gasteiger partial charge in [0.1, 0.15) is 0 Å². The Labute approximate surface area is 91.9 Å². The van der Waals surface area contributed by atoms with Crippen LogP contribution in [-0.2, 0) is 0 Å². The van der Waals surface area contributed by atoms with Gasteiger partial charge >= 0.3 is 0 Å². The Morgan fingerprint density at radius 2 is 1.62 bits per heavy atom. The van der Waals surface area contributed by atoms with E-state index >= 15 is 0 Å². The van der Waals surface area contributed by atoms with Crippen molar-refractivity contribution in [3.63, 3.8) is 0 Å². The molecule has 7 nitrogen and oxygen atoms in total. The SMILES string of the molecule is Nc1nc(-c2ccccc2)nc(N(N)N)n1. The van der Waals surface area contributed by atoms with Crippen LogP contribution in [0.5, 0.6) is 0 Å². The van der Waals surface area contributed by atoms with Gasteiger partial charge in [-0.1, -0.05) is 30.3 Å². The fourth-order valence-corrected chi connectivity index (χ4v) is 1.21. The van der Waals surface area contributed by atoms with Gasteiger partial charge in [0.05, 0.1) is 0 Å². The lowest BCUT2D eigenvalue weighted by atomic mass is 10.2. The van der Waals surface area contributed by atoms with Gasteiger partial charge in [0.25, 0.3) is 5.95 Å². The molecule has 1 aromatic heterocycles. The molecule has 1 aromatic carbocycles. The Kier molecular flexibility index (Phi) is 2.63. The highest BCUT2D eigenvalue weighted by Gasteiger charge is 2.08. The minimum absolute atomic E-state index is 0.0738. The maximum atomic E-state index is 5.53. The van der Waals surface area contributed by atoms with E-state index in [2.05, 4.69) is 15.0 Å². The van der Waals surface area contributed by atoms with Crippen molar-refractivity contribution in [2.75, 3.05) is 10.9 Å². The molecule has 6 N–H and O–H groups in total. The number of rotatable bonds is 2. The van der Waals surface area contributed by atoms with Gasteiger partial charge in [-0.15, -0.1) is 0 Å². The molecule has 0 aliphatic rings. The zero-order chi connectivity index (χ0) is 11.5. The van der Waals surface area contributed by atoms with Gasteiger partial charge in [-0.3, -0.25) is 0 Å². The summed E-state index contributed by atoms with van der Waals surface area (Å²) in [5.41, 5.74) is 6.35. The zero-order valence-corrected chi connectivity index (χ0v) is 8.41. The van der Waals surface area contributed by atoms with E-state index < -0.39 is 0 Å². The molecule has 0 saturated heterocycles. The topological polar surface area (TPSA) is 120 Å². The van der Waals surface area contributed by atoms with Crippen LogP contribution in [0, 0.1) is 0 Å². The van der Waals surface area contributed by atoms with Gasteiger partial charge in [0.15, 0.2) is 5.82 Å². The van der Waals surface area contributed by atoms with E-state index in [1.807, 2.05) is 30.3 Å². The van der Waals surface area contributed by atoms with Crippen LogP contribution in [0.4, 0.5) is 11.9 Å². The summed E-state index contributed by atoms with van der Waals surface area (Å²) in [5, 5.41) is 0.796. The highest BCUT2D eigenvalue weighted by molar-refractivity contribution is 5.57. The van der Waals surface area contributed by atoms with Gasteiger partial charge in [-0.05, 0) is 0 Å². The van der Waals surface area contributed by atoms with E-state index in [1.165, 1.54) is 0 Å². The minimum Gasteiger partial charge on any atom is -0.368 e. The number of aromatic nitrogens is 3. The molecule has 1 heterocycles. The van der Waals surface area contributed by atoms with Crippen LogP contribution >= 0.6 is 0 Å². The molecule has 0 atom stereocenters. The fourth-order valence-electron chi connectivity index (χ4n) is 1.21. The molecule has 0 fully saturated rings. The smallest absolute Gasteiger partial charge is 0.260 e. The van der Waals surface area contributed by atoms with E-state index in [1.54, 1.807) is 0 Å². The van der Waals surface area contributed by atoms with Crippen molar-refractivity contribution in [1.82, 2.24) is 15.0 Å². The van der Waals surface area contributed by atoms with Crippen LogP contribution in [0.1, 0.15) is 0 Å². The molecule has 0 amide bonds. The molecular formula is C9H11N7. The third kappa shape index (κ3) is 2.05. The maximum absolute atomic E-state index is 5.53. The van der Waals surface area contributed by atoms with Gasteiger partial charge in [0.2, 0.25) is 5.95 Å². The summed E-state index contributed by atoms with van der Waals surface area (Å²) in [7, 11) is 0. The zero-order valence-electron chi connectivity index (χ0n) is 8.41. The van der Waals surface area contributed by atoms with Gasteiger partial charge < -0.3 is 5.73 Å². The van der Waals surface area contributed by atoms with Crippen LogP contribution < -0.4 is 22.5 Å². The predicted octanol–water partition coefficient (Wildman–Crippen LogP) is -0.325. The van der Waals surface area contributed by atoms with Crippen LogP contribution in [0.3, 0.4) is 0 Å². The molecule has 0 spiro atoms. The van der Waals surface area contributed by atoms with E-state index in [0.29, 0.717) is 5.82 Å². The Hall–Kier alpha value is -2.25. The summed E-state index contributed by atoms with van der Waals surface area (Å²) in [6.45, 7) is 0. The third-order valence-corrected chi connectivity index (χ3v) is 1.90. The Balaban J connectivity index is 2.50. The second kappa shape index (κ2) is 4.09. The second-order valence-electron chi connectivity index (χ2n) is 3.09. The Morgan fingerprint density at radius 3 is 2.25 bits per heavy atom. The van der Waals surface area contributed by atoms with Gasteiger partial charge in [-0.25, -0.2) is 16.8 Å². The average Bonchev–Trinajstić information content (AvgIpc) is 2.29. The normalized spacial score (nSPS) is 10.1. The van der Waals surface area contributed by atoms with Crippen molar-refractivity contribution >= 4 is 11.9 Å². The molecule has 82 valence electrons. The minimum atomic E-state index is 0.0738. The number of nitrogens with two attached hydrogens (primary N) is 3. The second-order valence-corrected chi connectivity index (χ2v) is 3.09. The Morgan fingerprint density at radius 1 is 0.938 bits per heavy atom. The van der Waals surface area contributed by atoms with Crippen molar-refractivity contribution in [2.45, 2.75) is 0 Å². The highest BCUT2D eigenvalue weighted by atomic mass is 15.6. The van der Waals surface area contributed by atoms with E-state index in [-0.39, 0.29) is 11.9 Å². The monoisotopic (exact) mass is 217 g/mol. The average molecular weight is 217 g/mol. The molecule has 0 aliphatic carbocycles. The quantitative estimate of drug-likeness (QED) is 0.465. The van der Waals surface area contributed by atoms with Gasteiger partial charge in [0, 0.05) is 5.56 Å². The first-order valence-corrected chi connectivity index (χ1v) is 4.53. The predicted molar refractivity (Wildman–Crippen MR) is 60.5 cm³/mol. The van der Waals surface area contributed by atoms with Crippen LogP contribution in [0.25, 0.3) is 11.4 Å². The maximum Gasteiger partial charge on any atom is 0.260 e. The fraction of sp³-hybridized carbons (Fsp3) is 0. The Bertz CT molecular complexity index is 482.